The van der Waals surface area contributed by atoms with Crippen molar-refractivity contribution in [3.05, 3.63) is 71.5 Å². The number of hydrogen-bond donors (Lipinski definition) is 2. The second-order valence-corrected chi connectivity index (χ2v) is 8.40. The number of halogens is 1. The number of hydrogen-bond acceptors (Lipinski definition) is 2. The average molecular weight is 398 g/mol. The molecule has 2 fully saturated rings. The molecule has 2 unspecified atom stereocenters. The van der Waals surface area contributed by atoms with Gasteiger partial charge in [-0.25, -0.2) is 4.39 Å². The van der Waals surface area contributed by atoms with E-state index in [-0.39, 0.29) is 5.82 Å². The van der Waals surface area contributed by atoms with Crippen LogP contribution in [0.5, 0.6) is 0 Å². The van der Waals surface area contributed by atoms with Crippen molar-refractivity contribution in [2.45, 2.75) is 56.8 Å². The van der Waals surface area contributed by atoms with Gasteiger partial charge < -0.3 is 10.6 Å². The molecule has 0 saturated carbocycles. The Bertz CT molecular complexity index is 766. The molecule has 28 heavy (non-hydrogen) atoms. The Balaban J connectivity index is 1.23. The third-order valence-corrected chi connectivity index (χ3v) is 6.30. The van der Waals surface area contributed by atoms with E-state index in [9.17, 15) is 4.39 Å². The van der Waals surface area contributed by atoms with Crippen LogP contribution in [0.1, 0.15) is 36.8 Å². The Morgan fingerprint density at radius 2 is 1.64 bits per heavy atom. The molecule has 2 aromatic carbocycles. The van der Waals surface area contributed by atoms with Crippen molar-refractivity contribution in [1.82, 2.24) is 15.5 Å². The predicted molar refractivity (Wildman–Crippen MR) is 116 cm³/mol. The summed E-state index contributed by atoms with van der Waals surface area (Å²) in [5.41, 5.74) is 2.52. The van der Waals surface area contributed by atoms with Crippen molar-refractivity contribution in [2.24, 2.45) is 0 Å². The Hall–Kier alpha value is -1.98. The van der Waals surface area contributed by atoms with Crippen LogP contribution in [-0.4, -0.2) is 34.7 Å². The molecule has 2 aliphatic rings. The molecule has 2 saturated heterocycles. The molecule has 2 aromatic rings. The van der Waals surface area contributed by atoms with E-state index in [1.54, 1.807) is 12.1 Å². The lowest BCUT2D eigenvalue weighted by atomic mass is 9.96. The molecule has 148 valence electrons. The Kier molecular flexibility index (Phi) is 6.23. The molecule has 5 heteroatoms. The fourth-order valence-corrected chi connectivity index (χ4v) is 4.92. The van der Waals surface area contributed by atoms with Gasteiger partial charge >= 0.3 is 0 Å². The van der Waals surface area contributed by atoms with Crippen LogP contribution in [0.4, 0.5) is 4.39 Å². The van der Waals surface area contributed by atoms with Crippen molar-refractivity contribution in [1.29, 1.82) is 0 Å². The number of nitrogens with one attached hydrogen (secondary N) is 2. The molecule has 0 aliphatic carbocycles. The fraction of sp³-hybridized carbons (Fsp3) is 0.435. The van der Waals surface area contributed by atoms with Crippen LogP contribution in [0, 0.1) is 5.82 Å². The topological polar surface area (TPSA) is 27.3 Å². The van der Waals surface area contributed by atoms with Gasteiger partial charge in [0.1, 0.15) is 5.82 Å². The summed E-state index contributed by atoms with van der Waals surface area (Å²) < 4.78 is 13.1. The molecule has 0 radical (unpaired) electrons. The molecular weight excluding hydrogens is 369 g/mol. The molecule has 2 N–H and O–H groups in total. The van der Waals surface area contributed by atoms with E-state index in [1.165, 1.54) is 24.0 Å². The number of nitrogens with zero attached hydrogens (tertiary/aromatic N) is 1. The Morgan fingerprint density at radius 1 is 0.964 bits per heavy atom. The first kappa shape index (κ1) is 19.3. The predicted octanol–water partition coefficient (Wildman–Crippen LogP) is 4.03. The molecule has 4 rings (SSSR count). The number of benzene rings is 2. The number of rotatable bonds is 6. The highest BCUT2D eigenvalue weighted by atomic mass is 32.1. The highest BCUT2D eigenvalue weighted by molar-refractivity contribution is 7.80. The summed E-state index contributed by atoms with van der Waals surface area (Å²) >= 11 is 5.52. The molecule has 2 bridgehead atoms. The van der Waals surface area contributed by atoms with Crippen molar-refractivity contribution in [2.75, 3.05) is 6.54 Å². The lowest BCUT2D eigenvalue weighted by Crippen LogP contribution is -2.52. The number of fused-ring (bicyclic) bond motifs is 2. The summed E-state index contributed by atoms with van der Waals surface area (Å²) in [6.07, 6.45) is 5.72. The van der Waals surface area contributed by atoms with Crippen molar-refractivity contribution >= 4 is 17.3 Å². The molecular formula is C23H28FN3S. The normalized spacial score (nSPS) is 24.1. The molecule has 2 heterocycles. The smallest absolute Gasteiger partial charge is 0.166 e. The zero-order valence-corrected chi connectivity index (χ0v) is 16.9. The highest BCUT2D eigenvalue weighted by Crippen LogP contribution is 2.36. The van der Waals surface area contributed by atoms with Crippen LogP contribution < -0.4 is 10.6 Å². The van der Waals surface area contributed by atoms with Crippen molar-refractivity contribution in [3.63, 3.8) is 0 Å². The van der Waals surface area contributed by atoms with Crippen LogP contribution in [-0.2, 0) is 13.0 Å². The Morgan fingerprint density at radius 3 is 2.32 bits per heavy atom. The first-order valence-electron chi connectivity index (χ1n) is 10.3. The van der Waals surface area contributed by atoms with E-state index in [4.69, 9.17) is 12.2 Å². The second-order valence-electron chi connectivity index (χ2n) is 7.99. The van der Waals surface area contributed by atoms with E-state index < -0.39 is 0 Å². The molecule has 3 nitrogen and oxygen atoms in total. The maximum Gasteiger partial charge on any atom is 0.166 e. The van der Waals surface area contributed by atoms with E-state index in [0.29, 0.717) is 18.1 Å². The van der Waals surface area contributed by atoms with Gasteiger partial charge in [-0.3, -0.25) is 4.90 Å². The van der Waals surface area contributed by atoms with Crippen molar-refractivity contribution < 1.29 is 4.39 Å². The minimum atomic E-state index is -0.164. The molecule has 0 spiro atoms. The van der Waals surface area contributed by atoms with Crippen LogP contribution >= 0.6 is 12.2 Å². The summed E-state index contributed by atoms with van der Waals surface area (Å²) in [5.74, 6) is -0.164. The molecule has 0 aromatic heterocycles. The summed E-state index contributed by atoms with van der Waals surface area (Å²) in [6, 6.07) is 19.0. The van der Waals surface area contributed by atoms with Gasteiger partial charge in [-0.05, 0) is 67.6 Å². The zero-order chi connectivity index (χ0) is 19.3. The Labute approximate surface area is 172 Å². The first-order chi connectivity index (χ1) is 13.7. The SMILES string of the molecule is Fc1ccc(CN2C3CCC2CC(NC(=S)NCCc2ccccc2)C3)cc1. The molecule has 0 amide bonds. The largest absolute Gasteiger partial charge is 0.362 e. The third-order valence-electron chi connectivity index (χ3n) is 6.04. The van der Waals surface area contributed by atoms with Gasteiger partial charge in [0.25, 0.3) is 0 Å². The fourth-order valence-electron chi connectivity index (χ4n) is 4.65. The van der Waals surface area contributed by atoms with Gasteiger partial charge in [0, 0.05) is 31.2 Å². The van der Waals surface area contributed by atoms with Gasteiger partial charge in [0.05, 0.1) is 0 Å². The minimum Gasteiger partial charge on any atom is -0.362 e. The van der Waals surface area contributed by atoms with Gasteiger partial charge in [-0.15, -0.1) is 0 Å². The van der Waals surface area contributed by atoms with Gasteiger partial charge in [0.15, 0.2) is 5.11 Å². The van der Waals surface area contributed by atoms with Crippen LogP contribution in [0.2, 0.25) is 0 Å². The number of piperidine rings is 1. The summed E-state index contributed by atoms with van der Waals surface area (Å²) in [5, 5.41) is 7.67. The molecule has 2 atom stereocenters. The zero-order valence-electron chi connectivity index (χ0n) is 16.1. The summed E-state index contributed by atoms with van der Waals surface area (Å²) in [7, 11) is 0. The quantitative estimate of drug-likeness (QED) is 0.720. The lowest BCUT2D eigenvalue weighted by molar-refractivity contribution is 0.115. The van der Waals surface area contributed by atoms with Gasteiger partial charge in [-0.1, -0.05) is 42.5 Å². The van der Waals surface area contributed by atoms with E-state index >= 15 is 0 Å². The van der Waals surface area contributed by atoms with Crippen LogP contribution in [0.15, 0.2) is 54.6 Å². The summed E-state index contributed by atoms with van der Waals surface area (Å²) in [6.45, 7) is 1.77. The highest BCUT2D eigenvalue weighted by Gasteiger charge is 2.40. The van der Waals surface area contributed by atoms with Crippen molar-refractivity contribution in [3.8, 4) is 0 Å². The lowest BCUT2D eigenvalue weighted by Gasteiger charge is -2.39. The van der Waals surface area contributed by atoms with Crippen LogP contribution in [0.3, 0.4) is 0 Å². The van der Waals surface area contributed by atoms with E-state index in [1.807, 2.05) is 18.2 Å². The maximum absolute atomic E-state index is 13.1. The third kappa shape index (κ3) is 4.89. The maximum atomic E-state index is 13.1. The minimum absolute atomic E-state index is 0.164. The first-order valence-corrected chi connectivity index (χ1v) is 10.7. The van der Waals surface area contributed by atoms with Crippen LogP contribution in [0.25, 0.3) is 0 Å². The number of thiocarbonyl (C=S) groups is 1. The van der Waals surface area contributed by atoms with Gasteiger partial charge in [-0.2, -0.15) is 0 Å². The van der Waals surface area contributed by atoms with E-state index in [2.05, 4.69) is 39.8 Å². The molecule has 2 aliphatic heterocycles. The van der Waals surface area contributed by atoms with Gasteiger partial charge in [0.2, 0.25) is 0 Å². The standard InChI is InChI=1S/C23H28FN3S/c24-19-8-6-18(7-9-19)16-27-21-10-11-22(27)15-20(14-21)26-23(28)25-13-12-17-4-2-1-3-5-17/h1-9,20-22H,10-16H2,(H2,25,26,28). The summed E-state index contributed by atoms with van der Waals surface area (Å²) in [4.78, 5) is 2.61. The monoisotopic (exact) mass is 397 g/mol. The second kappa shape index (κ2) is 9.01. The average Bonchev–Trinajstić information content (AvgIpc) is 2.93. The van der Waals surface area contributed by atoms with E-state index in [0.717, 1.165) is 37.5 Å².